The van der Waals surface area contributed by atoms with Crippen LogP contribution >= 0.6 is 11.8 Å². The molecule has 1 aromatic rings. The fourth-order valence-corrected chi connectivity index (χ4v) is 3.04. The number of aromatic amines is 1. The lowest BCUT2D eigenvalue weighted by Crippen LogP contribution is -2.25. The standard InChI is InChI=1S/C11H18N2S/c1-2-11(13-5-1)9-12-8-10-3-6-14-7-4-10/h1-2,5,10,12-13H,3-4,6-9H2. The van der Waals surface area contributed by atoms with E-state index in [0.717, 1.165) is 12.5 Å². The normalized spacial score (nSPS) is 18.6. The molecule has 0 spiro atoms. The molecular weight excluding hydrogens is 192 g/mol. The molecular formula is C11H18N2S. The molecule has 0 bridgehead atoms. The van der Waals surface area contributed by atoms with Gasteiger partial charge in [0.1, 0.15) is 0 Å². The third-order valence-electron chi connectivity index (χ3n) is 2.75. The summed E-state index contributed by atoms with van der Waals surface area (Å²) >= 11 is 2.10. The number of hydrogen-bond acceptors (Lipinski definition) is 2. The van der Waals surface area contributed by atoms with Crippen LogP contribution in [-0.2, 0) is 6.54 Å². The summed E-state index contributed by atoms with van der Waals surface area (Å²) in [5, 5.41) is 3.52. The first-order valence-corrected chi connectivity index (χ1v) is 6.51. The van der Waals surface area contributed by atoms with Gasteiger partial charge in [-0.1, -0.05) is 0 Å². The van der Waals surface area contributed by atoms with E-state index in [2.05, 4.69) is 28.1 Å². The molecule has 0 unspecified atom stereocenters. The molecule has 14 heavy (non-hydrogen) atoms. The van der Waals surface area contributed by atoms with Crippen LogP contribution in [0.4, 0.5) is 0 Å². The lowest BCUT2D eigenvalue weighted by atomic mass is 10.0. The van der Waals surface area contributed by atoms with Crippen molar-refractivity contribution in [2.45, 2.75) is 19.4 Å². The Balaban J connectivity index is 1.62. The molecule has 1 aliphatic heterocycles. The van der Waals surface area contributed by atoms with Gasteiger partial charge in [-0.2, -0.15) is 11.8 Å². The molecule has 1 aliphatic rings. The molecule has 2 rings (SSSR count). The van der Waals surface area contributed by atoms with Crippen LogP contribution in [0.5, 0.6) is 0 Å². The van der Waals surface area contributed by atoms with Crippen LogP contribution in [0, 0.1) is 5.92 Å². The van der Waals surface area contributed by atoms with Crippen molar-refractivity contribution in [2.75, 3.05) is 18.1 Å². The van der Waals surface area contributed by atoms with E-state index in [9.17, 15) is 0 Å². The summed E-state index contributed by atoms with van der Waals surface area (Å²) in [6.07, 6.45) is 4.76. The Morgan fingerprint density at radius 2 is 2.29 bits per heavy atom. The molecule has 1 aromatic heterocycles. The van der Waals surface area contributed by atoms with Gasteiger partial charge in [0.2, 0.25) is 0 Å². The maximum absolute atomic E-state index is 3.52. The maximum atomic E-state index is 3.52. The van der Waals surface area contributed by atoms with Gasteiger partial charge in [-0.05, 0) is 48.9 Å². The van der Waals surface area contributed by atoms with Crippen LogP contribution in [0.2, 0.25) is 0 Å². The molecule has 2 N–H and O–H groups in total. The molecule has 0 amide bonds. The monoisotopic (exact) mass is 210 g/mol. The van der Waals surface area contributed by atoms with Crippen molar-refractivity contribution in [1.82, 2.24) is 10.3 Å². The predicted octanol–water partition coefficient (Wildman–Crippen LogP) is 2.25. The van der Waals surface area contributed by atoms with Gasteiger partial charge >= 0.3 is 0 Å². The zero-order valence-corrected chi connectivity index (χ0v) is 9.28. The number of hydrogen-bond donors (Lipinski definition) is 2. The topological polar surface area (TPSA) is 27.8 Å². The first-order valence-electron chi connectivity index (χ1n) is 5.36. The van der Waals surface area contributed by atoms with E-state index in [1.165, 1.54) is 36.6 Å². The van der Waals surface area contributed by atoms with E-state index in [1.54, 1.807) is 0 Å². The number of nitrogens with one attached hydrogen (secondary N) is 2. The van der Waals surface area contributed by atoms with Crippen LogP contribution in [0.3, 0.4) is 0 Å². The molecule has 0 aromatic carbocycles. The van der Waals surface area contributed by atoms with Gasteiger partial charge in [-0.25, -0.2) is 0 Å². The van der Waals surface area contributed by atoms with Crippen LogP contribution in [0.15, 0.2) is 18.3 Å². The summed E-state index contributed by atoms with van der Waals surface area (Å²) in [6.45, 7) is 2.16. The van der Waals surface area contributed by atoms with Crippen molar-refractivity contribution >= 4 is 11.8 Å². The maximum Gasteiger partial charge on any atom is 0.0357 e. The second kappa shape index (κ2) is 5.47. The SMILES string of the molecule is c1c[nH]c(CNCC2CCSCC2)c1. The summed E-state index contributed by atoms with van der Waals surface area (Å²) in [5.74, 6) is 3.62. The molecule has 0 saturated carbocycles. The fraction of sp³-hybridized carbons (Fsp3) is 0.636. The van der Waals surface area contributed by atoms with Gasteiger partial charge in [-0.15, -0.1) is 0 Å². The van der Waals surface area contributed by atoms with Crippen molar-refractivity contribution < 1.29 is 0 Å². The minimum atomic E-state index is 0.909. The first kappa shape index (κ1) is 10.1. The highest BCUT2D eigenvalue weighted by Gasteiger charge is 2.12. The predicted molar refractivity (Wildman–Crippen MR) is 62.5 cm³/mol. The summed E-state index contributed by atoms with van der Waals surface area (Å²) in [6, 6.07) is 4.18. The zero-order chi connectivity index (χ0) is 9.64. The number of rotatable bonds is 4. The molecule has 1 saturated heterocycles. The smallest absolute Gasteiger partial charge is 0.0357 e. The minimum absolute atomic E-state index is 0.909. The highest BCUT2D eigenvalue weighted by molar-refractivity contribution is 7.99. The van der Waals surface area contributed by atoms with Gasteiger partial charge in [-0.3, -0.25) is 0 Å². The van der Waals surface area contributed by atoms with E-state index in [1.807, 2.05) is 12.3 Å². The highest BCUT2D eigenvalue weighted by Crippen LogP contribution is 2.21. The van der Waals surface area contributed by atoms with E-state index >= 15 is 0 Å². The van der Waals surface area contributed by atoms with Crippen molar-refractivity contribution in [1.29, 1.82) is 0 Å². The number of H-pyrrole nitrogens is 1. The summed E-state index contributed by atoms with van der Waals surface area (Å²) in [5.41, 5.74) is 1.29. The van der Waals surface area contributed by atoms with Gasteiger partial charge < -0.3 is 10.3 Å². The van der Waals surface area contributed by atoms with Gasteiger partial charge in [0.15, 0.2) is 0 Å². The Morgan fingerprint density at radius 3 is 3.00 bits per heavy atom. The molecule has 78 valence electrons. The average molecular weight is 210 g/mol. The van der Waals surface area contributed by atoms with Crippen LogP contribution in [0.1, 0.15) is 18.5 Å². The van der Waals surface area contributed by atoms with Gasteiger partial charge in [0.25, 0.3) is 0 Å². The third kappa shape index (κ3) is 3.07. The Labute approximate surface area is 89.9 Å². The number of thioether (sulfide) groups is 1. The average Bonchev–Trinajstić information content (AvgIpc) is 2.72. The van der Waals surface area contributed by atoms with Crippen LogP contribution in [-0.4, -0.2) is 23.0 Å². The van der Waals surface area contributed by atoms with E-state index in [-0.39, 0.29) is 0 Å². The zero-order valence-electron chi connectivity index (χ0n) is 8.46. The Kier molecular flexibility index (Phi) is 3.95. The number of aromatic nitrogens is 1. The largest absolute Gasteiger partial charge is 0.364 e. The van der Waals surface area contributed by atoms with Gasteiger partial charge in [0.05, 0.1) is 0 Å². The molecule has 3 heteroatoms. The molecule has 0 aliphatic carbocycles. The Bertz CT molecular complexity index is 240. The third-order valence-corrected chi connectivity index (χ3v) is 3.80. The minimum Gasteiger partial charge on any atom is -0.364 e. The summed E-state index contributed by atoms with van der Waals surface area (Å²) in [7, 11) is 0. The van der Waals surface area contributed by atoms with E-state index in [4.69, 9.17) is 0 Å². The van der Waals surface area contributed by atoms with Crippen molar-refractivity contribution in [3.05, 3.63) is 24.0 Å². The van der Waals surface area contributed by atoms with E-state index < -0.39 is 0 Å². The molecule has 2 nitrogen and oxygen atoms in total. The first-order chi connectivity index (χ1) is 6.95. The molecule has 1 fully saturated rings. The molecule has 0 radical (unpaired) electrons. The molecule has 2 heterocycles. The van der Waals surface area contributed by atoms with E-state index in [0.29, 0.717) is 0 Å². The van der Waals surface area contributed by atoms with Crippen LogP contribution < -0.4 is 5.32 Å². The second-order valence-corrected chi connectivity index (χ2v) is 5.11. The summed E-state index contributed by atoms with van der Waals surface area (Å²) in [4.78, 5) is 3.21. The van der Waals surface area contributed by atoms with Crippen molar-refractivity contribution in [2.24, 2.45) is 5.92 Å². The Hall–Kier alpha value is -0.410. The highest BCUT2D eigenvalue weighted by atomic mass is 32.2. The lowest BCUT2D eigenvalue weighted by molar-refractivity contribution is 0.446. The van der Waals surface area contributed by atoms with Crippen LogP contribution in [0.25, 0.3) is 0 Å². The van der Waals surface area contributed by atoms with Crippen molar-refractivity contribution in [3.8, 4) is 0 Å². The lowest BCUT2D eigenvalue weighted by Gasteiger charge is -2.21. The van der Waals surface area contributed by atoms with Crippen molar-refractivity contribution in [3.63, 3.8) is 0 Å². The summed E-state index contributed by atoms with van der Waals surface area (Å²) < 4.78 is 0. The van der Waals surface area contributed by atoms with Gasteiger partial charge in [0, 0.05) is 18.4 Å². The molecule has 0 atom stereocenters. The second-order valence-electron chi connectivity index (χ2n) is 3.88. The quantitative estimate of drug-likeness (QED) is 0.797. The fourth-order valence-electron chi connectivity index (χ4n) is 1.84. The Morgan fingerprint density at radius 1 is 1.43 bits per heavy atom.